The molecule has 6 nitrogen and oxygen atoms in total. The smallest absolute Gasteiger partial charge is 0.336 e. The van der Waals surface area contributed by atoms with E-state index in [0.29, 0.717) is 16.0 Å². The van der Waals surface area contributed by atoms with Crippen molar-refractivity contribution in [2.75, 3.05) is 0 Å². The standard InChI is InChI=1S/C26H22N2O4S/c1-18-23(29)27(16-20-12-14-21(15-13-20)25(30)31)26(32)28-17-22(33-24(18)28)11-7-3-6-10-19-8-4-2-5-9-19/h2,4-5,8-9,12-15,17H,3,6,10,16H2,1H3,(H,30,31). The zero-order valence-electron chi connectivity index (χ0n) is 18.1. The molecule has 0 aliphatic carbocycles. The van der Waals surface area contributed by atoms with Crippen LogP contribution in [0.25, 0.3) is 4.83 Å². The number of hydrogen-bond acceptors (Lipinski definition) is 4. The zero-order chi connectivity index (χ0) is 23.4. The van der Waals surface area contributed by atoms with Crippen molar-refractivity contribution in [1.29, 1.82) is 0 Å². The second-order valence-corrected chi connectivity index (χ2v) is 8.74. The minimum absolute atomic E-state index is 0.0672. The first-order chi connectivity index (χ1) is 15.9. The Morgan fingerprint density at radius 2 is 1.76 bits per heavy atom. The third kappa shape index (κ3) is 4.97. The van der Waals surface area contributed by atoms with Crippen LogP contribution < -0.4 is 11.2 Å². The first-order valence-corrected chi connectivity index (χ1v) is 11.4. The summed E-state index contributed by atoms with van der Waals surface area (Å²) in [6.07, 6.45) is 4.35. The molecule has 0 atom stereocenters. The van der Waals surface area contributed by atoms with Crippen LogP contribution in [0.4, 0.5) is 0 Å². The van der Waals surface area contributed by atoms with E-state index >= 15 is 0 Å². The SMILES string of the molecule is Cc1c(=O)n(Cc2ccc(C(=O)O)cc2)c(=O)n2cc(C#CCCCc3ccccc3)sc12. The van der Waals surface area contributed by atoms with E-state index in [2.05, 4.69) is 24.0 Å². The zero-order valence-corrected chi connectivity index (χ0v) is 18.9. The van der Waals surface area contributed by atoms with Crippen molar-refractivity contribution < 1.29 is 9.90 Å². The van der Waals surface area contributed by atoms with E-state index in [4.69, 9.17) is 5.11 Å². The molecule has 0 spiro atoms. The average molecular weight is 459 g/mol. The van der Waals surface area contributed by atoms with Gasteiger partial charge in [0.2, 0.25) is 0 Å². The van der Waals surface area contributed by atoms with Crippen LogP contribution in [0.1, 0.15) is 44.8 Å². The van der Waals surface area contributed by atoms with Crippen molar-refractivity contribution in [2.24, 2.45) is 0 Å². The Hall–Kier alpha value is -3.89. The number of carboxylic acids is 1. The number of aromatic carboxylic acids is 1. The summed E-state index contributed by atoms with van der Waals surface area (Å²) >= 11 is 1.34. The summed E-state index contributed by atoms with van der Waals surface area (Å²) in [7, 11) is 0. The molecule has 0 saturated carbocycles. The highest BCUT2D eigenvalue weighted by atomic mass is 32.1. The molecule has 2 heterocycles. The molecule has 7 heteroatoms. The van der Waals surface area contributed by atoms with Crippen LogP contribution in [0.15, 0.2) is 70.4 Å². The van der Waals surface area contributed by atoms with E-state index < -0.39 is 11.7 Å². The Balaban J connectivity index is 1.55. The van der Waals surface area contributed by atoms with Crippen LogP contribution >= 0.6 is 11.3 Å². The topological polar surface area (TPSA) is 80.8 Å². The summed E-state index contributed by atoms with van der Waals surface area (Å²) in [4.78, 5) is 38.2. The second-order valence-electron chi connectivity index (χ2n) is 7.71. The highest BCUT2D eigenvalue weighted by Crippen LogP contribution is 2.17. The van der Waals surface area contributed by atoms with E-state index in [1.807, 2.05) is 18.2 Å². The molecular formula is C26H22N2O4S. The number of aromatic nitrogens is 2. The fraction of sp³-hybridized carbons (Fsp3) is 0.192. The van der Waals surface area contributed by atoms with Gasteiger partial charge in [-0.15, -0.1) is 11.3 Å². The third-order valence-electron chi connectivity index (χ3n) is 5.36. The van der Waals surface area contributed by atoms with E-state index in [0.717, 1.165) is 24.1 Å². The van der Waals surface area contributed by atoms with Gasteiger partial charge >= 0.3 is 11.7 Å². The Kier molecular flexibility index (Phi) is 6.57. The molecule has 0 bridgehead atoms. The molecule has 0 fully saturated rings. The Bertz CT molecular complexity index is 1480. The summed E-state index contributed by atoms with van der Waals surface area (Å²) in [5.74, 6) is 5.26. The maximum Gasteiger partial charge on any atom is 0.336 e. The fourth-order valence-corrected chi connectivity index (χ4v) is 4.53. The van der Waals surface area contributed by atoms with E-state index in [9.17, 15) is 14.4 Å². The van der Waals surface area contributed by atoms with Gasteiger partial charge in [-0.3, -0.25) is 13.8 Å². The van der Waals surface area contributed by atoms with Gasteiger partial charge in [0.25, 0.3) is 5.56 Å². The van der Waals surface area contributed by atoms with Crippen molar-refractivity contribution in [3.63, 3.8) is 0 Å². The highest BCUT2D eigenvalue weighted by Gasteiger charge is 2.14. The van der Waals surface area contributed by atoms with Gasteiger partial charge in [-0.05, 0) is 43.0 Å². The molecule has 33 heavy (non-hydrogen) atoms. The van der Waals surface area contributed by atoms with E-state index in [1.165, 1.54) is 38.0 Å². The van der Waals surface area contributed by atoms with Gasteiger partial charge in [0.1, 0.15) is 4.83 Å². The molecular weight excluding hydrogens is 436 g/mol. The van der Waals surface area contributed by atoms with Crippen LogP contribution in [0, 0.1) is 18.8 Å². The quantitative estimate of drug-likeness (QED) is 0.350. The number of carbonyl (C=O) groups is 1. The summed E-state index contributed by atoms with van der Waals surface area (Å²) in [5.41, 5.74) is 1.81. The van der Waals surface area contributed by atoms with Crippen LogP contribution in [0.5, 0.6) is 0 Å². The minimum Gasteiger partial charge on any atom is -0.478 e. The normalized spacial score (nSPS) is 10.7. The predicted molar refractivity (Wildman–Crippen MR) is 129 cm³/mol. The molecule has 2 aromatic carbocycles. The van der Waals surface area contributed by atoms with Crippen molar-refractivity contribution in [3.8, 4) is 11.8 Å². The first-order valence-electron chi connectivity index (χ1n) is 10.5. The van der Waals surface area contributed by atoms with E-state index in [1.54, 1.807) is 25.3 Å². The van der Waals surface area contributed by atoms with Gasteiger partial charge < -0.3 is 5.11 Å². The largest absolute Gasteiger partial charge is 0.478 e. The first kappa shape index (κ1) is 22.3. The molecule has 0 amide bonds. The lowest BCUT2D eigenvalue weighted by molar-refractivity contribution is 0.0697. The van der Waals surface area contributed by atoms with Gasteiger partial charge in [-0.2, -0.15) is 0 Å². The van der Waals surface area contributed by atoms with E-state index in [-0.39, 0.29) is 17.7 Å². The molecule has 2 aromatic heterocycles. The number of hydrogen-bond donors (Lipinski definition) is 1. The average Bonchev–Trinajstić information content (AvgIpc) is 3.26. The molecule has 0 unspecified atom stereocenters. The predicted octanol–water partition coefficient (Wildman–Crippen LogP) is 3.95. The number of thiazole rings is 1. The third-order valence-corrected chi connectivity index (χ3v) is 6.48. The highest BCUT2D eigenvalue weighted by molar-refractivity contribution is 7.18. The van der Waals surface area contributed by atoms with Crippen molar-refractivity contribution >= 4 is 22.1 Å². The molecule has 0 radical (unpaired) electrons. The Labute approximate surface area is 194 Å². The Morgan fingerprint density at radius 3 is 2.45 bits per heavy atom. The molecule has 1 N–H and O–H groups in total. The summed E-state index contributed by atoms with van der Waals surface area (Å²) in [6.45, 7) is 1.77. The molecule has 166 valence electrons. The lowest BCUT2D eigenvalue weighted by Gasteiger charge is -2.08. The number of nitrogens with zero attached hydrogens (tertiary/aromatic N) is 2. The number of unbranched alkanes of at least 4 members (excludes halogenated alkanes) is 1. The molecule has 0 saturated heterocycles. The maximum absolute atomic E-state index is 13.0. The molecule has 4 rings (SSSR count). The van der Waals surface area contributed by atoms with Crippen molar-refractivity contribution in [2.45, 2.75) is 32.7 Å². The number of benzene rings is 2. The minimum atomic E-state index is -1.02. The summed E-state index contributed by atoms with van der Waals surface area (Å²) < 4.78 is 2.64. The van der Waals surface area contributed by atoms with Gasteiger partial charge in [0.15, 0.2) is 0 Å². The monoisotopic (exact) mass is 458 g/mol. The summed E-state index contributed by atoms with van der Waals surface area (Å²) in [5, 5.41) is 9.04. The summed E-state index contributed by atoms with van der Waals surface area (Å²) in [6, 6.07) is 16.4. The number of aryl methyl sites for hydroxylation is 2. The number of carboxylic acid groups (broad SMARTS) is 1. The van der Waals surface area contributed by atoms with Gasteiger partial charge in [0, 0.05) is 18.2 Å². The second kappa shape index (κ2) is 9.72. The molecule has 0 aliphatic rings. The van der Waals surface area contributed by atoms with Crippen LogP contribution in [0.2, 0.25) is 0 Å². The van der Waals surface area contributed by atoms with Crippen LogP contribution in [0.3, 0.4) is 0 Å². The Morgan fingerprint density at radius 1 is 1.03 bits per heavy atom. The van der Waals surface area contributed by atoms with Gasteiger partial charge in [-0.25, -0.2) is 9.59 Å². The van der Waals surface area contributed by atoms with Gasteiger partial charge in [-0.1, -0.05) is 54.3 Å². The maximum atomic E-state index is 13.0. The molecule has 4 aromatic rings. The van der Waals surface area contributed by atoms with Crippen LogP contribution in [-0.4, -0.2) is 20.0 Å². The fourth-order valence-electron chi connectivity index (χ4n) is 3.57. The number of rotatable bonds is 6. The van der Waals surface area contributed by atoms with Crippen LogP contribution in [-0.2, 0) is 13.0 Å². The van der Waals surface area contributed by atoms with Gasteiger partial charge in [0.05, 0.1) is 17.0 Å². The number of fused-ring (bicyclic) bond motifs is 1. The molecule has 0 aliphatic heterocycles. The lowest BCUT2D eigenvalue weighted by Crippen LogP contribution is -2.38. The van der Waals surface area contributed by atoms with Crippen molar-refractivity contribution in [1.82, 2.24) is 8.97 Å². The lowest BCUT2D eigenvalue weighted by atomic mass is 10.1. The van der Waals surface area contributed by atoms with Crippen molar-refractivity contribution in [3.05, 3.63) is 109 Å².